The van der Waals surface area contributed by atoms with Gasteiger partial charge in [0, 0.05) is 34.2 Å². The topological polar surface area (TPSA) is 136 Å². The minimum atomic E-state index is -0.635. The van der Waals surface area contributed by atoms with Crippen LogP contribution in [-0.4, -0.2) is 99.3 Å². The third-order valence-corrected chi connectivity index (χ3v) is 12.8. The number of fused-ring (bicyclic) bond motifs is 8. The first kappa shape index (κ1) is 35.9. The van der Waals surface area contributed by atoms with Gasteiger partial charge in [-0.2, -0.15) is 0 Å². The van der Waals surface area contributed by atoms with Gasteiger partial charge in [-0.15, -0.1) is 0 Å². The molecule has 17 atom stereocenters. The molecule has 11 nitrogen and oxygen atoms in total. The molecule has 1 N–H and O–H groups in total. The Labute approximate surface area is 284 Å². The predicted octanol–water partition coefficient (Wildman–Crippen LogP) is 4.02. The van der Waals surface area contributed by atoms with Gasteiger partial charge in [-0.1, -0.05) is 19.9 Å². The second kappa shape index (κ2) is 14.8. The van der Waals surface area contributed by atoms with E-state index in [1.165, 1.54) is 6.92 Å². The fourth-order valence-corrected chi connectivity index (χ4v) is 10.6. The molecule has 0 aromatic carbocycles. The Kier molecular flexibility index (Phi) is 11.0. The molecule has 4 aliphatic carbocycles. The maximum Gasteiger partial charge on any atom is 0.306 e. The van der Waals surface area contributed by atoms with Crippen molar-refractivity contribution in [1.29, 1.82) is 0 Å². The summed E-state index contributed by atoms with van der Waals surface area (Å²) in [6.07, 6.45) is 3.70. The van der Waals surface area contributed by atoms with E-state index >= 15 is 0 Å². The van der Waals surface area contributed by atoms with E-state index in [4.69, 9.17) is 33.2 Å². The number of carbonyl (C=O) groups excluding carboxylic acids is 3. The van der Waals surface area contributed by atoms with Crippen molar-refractivity contribution in [3.63, 3.8) is 0 Å². The van der Waals surface area contributed by atoms with Gasteiger partial charge in [-0.3, -0.25) is 14.4 Å². The molecule has 11 heteroatoms. The lowest BCUT2D eigenvalue weighted by molar-refractivity contribution is -0.314. The number of allylic oxidation sites excluding steroid dienone is 2. The number of Topliss-reactive ketones (excluding diaryl/α,β-unsaturated/α-hetero) is 1. The van der Waals surface area contributed by atoms with Gasteiger partial charge in [0.1, 0.15) is 30.5 Å². The van der Waals surface area contributed by atoms with E-state index in [1.807, 2.05) is 20.8 Å². The number of hydrogen-bond acceptors (Lipinski definition) is 11. The summed E-state index contributed by atoms with van der Waals surface area (Å²) in [5, 5.41) is 11.3. The Morgan fingerprint density at radius 1 is 0.938 bits per heavy atom. The van der Waals surface area contributed by atoms with Crippen molar-refractivity contribution in [3.05, 3.63) is 11.6 Å². The number of hydrogen-bond donors (Lipinski definition) is 1. The highest BCUT2D eigenvalue weighted by Gasteiger charge is 2.64. The van der Waals surface area contributed by atoms with Crippen LogP contribution in [0.3, 0.4) is 0 Å². The summed E-state index contributed by atoms with van der Waals surface area (Å²) in [5.74, 6) is -0.893. The number of ether oxygens (including phenoxy) is 7. The van der Waals surface area contributed by atoms with Crippen LogP contribution in [0.25, 0.3) is 0 Å². The van der Waals surface area contributed by atoms with Gasteiger partial charge in [0.25, 0.3) is 0 Å². The summed E-state index contributed by atoms with van der Waals surface area (Å²) in [5.41, 5.74) is 0.639. The highest BCUT2D eigenvalue weighted by Crippen LogP contribution is 2.66. The Morgan fingerprint density at radius 3 is 2.29 bits per heavy atom. The molecule has 0 bridgehead atoms. The molecular weight excluding hydrogens is 620 g/mol. The van der Waals surface area contributed by atoms with E-state index in [-0.39, 0.29) is 84.2 Å². The molecule has 3 saturated carbocycles. The van der Waals surface area contributed by atoms with Gasteiger partial charge < -0.3 is 38.3 Å². The molecule has 48 heavy (non-hydrogen) atoms. The van der Waals surface area contributed by atoms with Crippen LogP contribution in [0.5, 0.6) is 0 Å². The van der Waals surface area contributed by atoms with E-state index in [0.29, 0.717) is 43.6 Å². The van der Waals surface area contributed by atoms with Crippen molar-refractivity contribution in [1.82, 2.24) is 0 Å². The zero-order valence-electron chi connectivity index (χ0n) is 29.6. The van der Waals surface area contributed by atoms with Crippen LogP contribution in [0.15, 0.2) is 11.6 Å². The molecule has 2 aliphatic heterocycles. The average Bonchev–Trinajstić information content (AvgIpc) is 3.62. The maximum absolute atomic E-state index is 14.4. The molecule has 6 rings (SSSR count). The third-order valence-electron chi connectivity index (χ3n) is 12.8. The van der Waals surface area contributed by atoms with Crippen LogP contribution in [0, 0.1) is 47.3 Å². The SMILES string of the molecule is CC[C@H]1CCC[C@H](OC(C)=O)[C@@H](C)C(=O)C2=C[C@H]3[C@@H]4C[C@H](O[C@@H]5OC(C)[C@H](OC)C(OC)[C@@H]5OC)C[C@H]4[C@@H]4CC(O)[C@@H]4[C@H]3[C@@H]2CC(=O)O1. The molecule has 0 spiro atoms. The number of methoxy groups -OCH3 is 3. The van der Waals surface area contributed by atoms with Crippen LogP contribution in [0.1, 0.15) is 79.1 Å². The van der Waals surface area contributed by atoms with Gasteiger partial charge in [0.2, 0.25) is 0 Å². The first-order chi connectivity index (χ1) is 23.0. The van der Waals surface area contributed by atoms with Crippen LogP contribution in [0.2, 0.25) is 0 Å². The largest absolute Gasteiger partial charge is 0.462 e. The quantitative estimate of drug-likeness (QED) is 0.392. The summed E-state index contributed by atoms with van der Waals surface area (Å²) in [6.45, 7) is 7.18. The van der Waals surface area contributed by atoms with E-state index in [2.05, 4.69) is 6.08 Å². The molecule has 0 radical (unpaired) electrons. The van der Waals surface area contributed by atoms with E-state index in [9.17, 15) is 19.5 Å². The lowest BCUT2D eigenvalue weighted by Gasteiger charge is -2.57. The van der Waals surface area contributed by atoms with Gasteiger partial charge >= 0.3 is 11.9 Å². The number of ketones is 1. The Hall–Kier alpha value is -1.89. The minimum absolute atomic E-state index is 0.0111. The van der Waals surface area contributed by atoms with Crippen molar-refractivity contribution in [2.75, 3.05) is 21.3 Å². The maximum atomic E-state index is 14.4. The lowest BCUT2D eigenvalue weighted by Crippen LogP contribution is -2.59. The Bertz CT molecular complexity index is 1220. The fraction of sp³-hybridized carbons (Fsp3) is 0.865. The molecule has 6 aliphatic rings. The lowest BCUT2D eigenvalue weighted by atomic mass is 9.48. The monoisotopic (exact) mass is 676 g/mol. The normalized spacial score (nSPS) is 47.6. The smallest absolute Gasteiger partial charge is 0.306 e. The molecule has 3 unspecified atom stereocenters. The van der Waals surface area contributed by atoms with Gasteiger partial charge in [-0.25, -0.2) is 0 Å². The third kappa shape index (κ3) is 6.52. The molecule has 5 fully saturated rings. The number of rotatable bonds is 7. The number of aliphatic hydroxyl groups is 1. The second-order valence-corrected chi connectivity index (χ2v) is 15.3. The van der Waals surface area contributed by atoms with Crippen molar-refractivity contribution in [3.8, 4) is 0 Å². The summed E-state index contributed by atoms with van der Waals surface area (Å²) >= 11 is 0. The van der Waals surface area contributed by atoms with Crippen molar-refractivity contribution in [2.24, 2.45) is 47.3 Å². The van der Waals surface area contributed by atoms with Crippen molar-refractivity contribution in [2.45, 2.75) is 134 Å². The first-order valence-electron chi connectivity index (χ1n) is 18.2. The van der Waals surface area contributed by atoms with Crippen LogP contribution in [0.4, 0.5) is 0 Å². The van der Waals surface area contributed by atoms with E-state index < -0.39 is 36.5 Å². The Morgan fingerprint density at radius 2 is 1.65 bits per heavy atom. The number of cyclic esters (lactones) is 1. The summed E-state index contributed by atoms with van der Waals surface area (Å²) in [4.78, 5) is 40.0. The molecule has 270 valence electrons. The van der Waals surface area contributed by atoms with E-state index in [0.717, 1.165) is 12.8 Å². The van der Waals surface area contributed by atoms with Crippen LogP contribution < -0.4 is 0 Å². The minimum Gasteiger partial charge on any atom is -0.462 e. The molecule has 0 aromatic heterocycles. The Balaban J connectivity index is 1.29. The molecule has 2 heterocycles. The summed E-state index contributed by atoms with van der Waals surface area (Å²) in [7, 11) is 4.91. The number of aliphatic hydroxyl groups excluding tert-OH is 1. The number of carbonyl (C=O) groups is 3. The van der Waals surface area contributed by atoms with Crippen LogP contribution >= 0.6 is 0 Å². The standard InChI is InChI=1S/C37H56O11/c1-8-20-10-9-11-29(46-19(4)38)17(2)33(41)27-14-24-22-12-21(48-37-36(44-7)35(43-6)34(42-5)18(3)45-37)13-23(22)25-15-28(39)32(25)31(24)26(27)16-30(40)47-20/h14,17-18,20-26,28-29,31-32,34-37,39H,8-13,15-16H2,1-7H3/t17-,18?,20+,21+,22-,23-,24+,25+,26-,28?,29+,31-,32-,34+,35?,36+,37+/m1/s1. The number of esters is 2. The highest BCUT2D eigenvalue weighted by atomic mass is 16.7. The van der Waals surface area contributed by atoms with Crippen LogP contribution in [-0.2, 0) is 47.5 Å². The molecular formula is C37H56O11. The summed E-state index contributed by atoms with van der Waals surface area (Å²) in [6, 6.07) is 0. The van der Waals surface area contributed by atoms with Gasteiger partial charge in [0.15, 0.2) is 12.1 Å². The molecule has 2 saturated heterocycles. The highest BCUT2D eigenvalue weighted by molar-refractivity contribution is 5.99. The average molecular weight is 677 g/mol. The predicted molar refractivity (Wildman–Crippen MR) is 172 cm³/mol. The first-order valence-corrected chi connectivity index (χ1v) is 18.2. The summed E-state index contributed by atoms with van der Waals surface area (Å²) < 4.78 is 42.1. The van der Waals surface area contributed by atoms with Crippen molar-refractivity contribution < 1.29 is 52.6 Å². The zero-order valence-corrected chi connectivity index (χ0v) is 29.6. The van der Waals surface area contributed by atoms with Gasteiger partial charge in [-0.05, 0) is 93.0 Å². The van der Waals surface area contributed by atoms with E-state index in [1.54, 1.807) is 21.3 Å². The zero-order chi connectivity index (χ0) is 34.4. The van der Waals surface area contributed by atoms with Gasteiger partial charge in [0.05, 0.1) is 30.7 Å². The molecule has 0 aromatic rings. The fourth-order valence-electron chi connectivity index (χ4n) is 10.6. The van der Waals surface area contributed by atoms with Crippen molar-refractivity contribution >= 4 is 17.7 Å². The molecule has 0 amide bonds. The second-order valence-electron chi connectivity index (χ2n) is 15.3.